The number of carbonyl (C=O) groups excluding carboxylic acids is 2. The van der Waals surface area contributed by atoms with Crippen molar-refractivity contribution in [1.82, 2.24) is 9.78 Å². The highest BCUT2D eigenvalue weighted by Gasteiger charge is 2.60. The fourth-order valence-corrected chi connectivity index (χ4v) is 5.79. The van der Waals surface area contributed by atoms with Crippen LogP contribution in [0.2, 0.25) is 0 Å². The number of carbonyl (C=O) groups is 2. The van der Waals surface area contributed by atoms with Gasteiger partial charge in [0.15, 0.2) is 0 Å². The van der Waals surface area contributed by atoms with Gasteiger partial charge in [-0.15, -0.1) is 0 Å². The normalized spacial score (nSPS) is 25.2. The largest absolute Gasteiger partial charge is 0.457 e. The Kier molecular flexibility index (Phi) is 4.50. The summed E-state index contributed by atoms with van der Waals surface area (Å²) in [6, 6.07) is 17.6. The average Bonchev–Trinajstić information content (AvgIpc) is 3.54. The Hall–Kier alpha value is -3.67. The molecule has 6 heteroatoms. The summed E-state index contributed by atoms with van der Waals surface area (Å²) in [6.45, 7) is 4.32. The molecular formula is C27H25N3O3. The van der Waals surface area contributed by atoms with Crippen molar-refractivity contribution in [2.75, 3.05) is 4.90 Å². The first-order chi connectivity index (χ1) is 16.0. The van der Waals surface area contributed by atoms with Gasteiger partial charge in [0.05, 0.1) is 35.5 Å². The van der Waals surface area contributed by atoms with Gasteiger partial charge < -0.3 is 4.74 Å². The standard InChI is InChI=1S/C27H25N3O3/c1-16-25(30-26(31)23-19-11-12-20(14-19)24(23)27(30)32)17(2)29(28-16)15-18-7-6-10-22(13-18)33-21-8-4-3-5-9-21/h3-13,19-20,23-24H,14-15H2,1-2H3/t19-,20-,23-,24-/m0/s1. The molecule has 1 saturated carbocycles. The third kappa shape index (κ3) is 3.12. The molecule has 2 aromatic carbocycles. The summed E-state index contributed by atoms with van der Waals surface area (Å²) in [4.78, 5) is 28.0. The Morgan fingerprint density at radius 2 is 1.58 bits per heavy atom. The van der Waals surface area contributed by atoms with Gasteiger partial charge in [-0.3, -0.25) is 14.3 Å². The molecule has 0 N–H and O–H groups in total. The van der Waals surface area contributed by atoms with Crippen LogP contribution in [0, 0.1) is 37.5 Å². The summed E-state index contributed by atoms with van der Waals surface area (Å²) in [5.41, 5.74) is 3.20. The van der Waals surface area contributed by atoms with Crippen LogP contribution < -0.4 is 9.64 Å². The number of hydrogen-bond donors (Lipinski definition) is 0. The van der Waals surface area contributed by atoms with Crippen LogP contribution in [0.5, 0.6) is 11.5 Å². The van der Waals surface area contributed by atoms with E-state index in [4.69, 9.17) is 9.84 Å². The van der Waals surface area contributed by atoms with Crippen LogP contribution >= 0.6 is 0 Å². The number of ether oxygens (including phenoxy) is 1. The lowest BCUT2D eigenvalue weighted by Gasteiger charge is -2.18. The molecule has 3 aromatic rings. The van der Waals surface area contributed by atoms with E-state index < -0.39 is 0 Å². The van der Waals surface area contributed by atoms with Gasteiger partial charge in [0.2, 0.25) is 11.8 Å². The Bertz CT molecular complexity index is 1260. The van der Waals surface area contributed by atoms with E-state index in [2.05, 4.69) is 12.2 Å². The number of anilines is 1. The molecule has 2 heterocycles. The fraction of sp³-hybridized carbons (Fsp3) is 0.296. The van der Waals surface area contributed by atoms with Gasteiger partial charge in [-0.25, -0.2) is 4.90 Å². The van der Waals surface area contributed by atoms with Gasteiger partial charge in [0.25, 0.3) is 0 Å². The van der Waals surface area contributed by atoms with Gasteiger partial charge in [-0.2, -0.15) is 5.10 Å². The zero-order valence-corrected chi connectivity index (χ0v) is 18.6. The van der Waals surface area contributed by atoms with Crippen LogP contribution in [0.4, 0.5) is 5.69 Å². The summed E-state index contributed by atoms with van der Waals surface area (Å²) in [6.07, 6.45) is 5.17. The Morgan fingerprint density at radius 1 is 0.909 bits per heavy atom. The van der Waals surface area contributed by atoms with Crippen molar-refractivity contribution in [2.24, 2.45) is 23.7 Å². The first-order valence-corrected chi connectivity index (χ1v) is 11.4. The minimum absolute atomic E-state index is 0.0640. The quantitative estimate of drug-likeness (QED) is 0.429. The van der Waals surface area contributed by atoms with Crippen molar-refractivity contribution in [1.29, 1.82) is 0 Å². The van der Waals surface area contributed by atoms with Crippen molar-refractivity contribution in [2.45, 2.75) is 26.8 Å². The molecule has 1 saturated heterocycles. The zero-order valence-electron chi connectivity index (χ0n) is 18.6. The number of aromatic nitrogens is 2. The molecule has 2 amide bonds. The summed E-state index contributed by atoms with van der Waals surface area (Å²) >= 11 is 0. The molecule has 1 aromatic heterocycles. The summed E-state index contributed by atoms with van der Waals surface area (Å²) in [5, 5.41) is 4.69. The van der Waals surface area contributed by atoms with Crippen molar-refractivity contribution in [3.05, 3.63) is 83.7 Å². The number of para-hydroxylation sites is 1. The van der Waals surface area contributed by atoms with E-state index in [1.165, 1.54) is 4.90 Å². The van der Waals surface area contributed by atoms with E-state index in [1.807, 2.05) is 73.1 Å². The molecule has 0 spiro atoms. The van der Waals surface area contributed by atoms with E-state index in [9.17, 15) is 9.59 Å². The molecule has 4 atom stereocenters. The van der Waals surface area contributed by atoms with Gasteiger partial charge in [-0.1, -0.05) is 42.5 Å². The van der Waals surface area contributed by atoms with Gasteiger partial charge in [-0.05, 0) is 61.9 Å². The van der Waals surface area contributed by atoms with Crippen LogP contribution in [-0.2, 0) is 16.1 Å². The van der Waals surface area contributed by atoms with Crippen molar-refractivity contribution < 1.29 is 14.3 Å². The highest BCUT2D eigenvalue weighted by atomic mass is 16.5. The van der Waals surface area contributed by atoms with Gasteiger partial charge in [0.1, 0.15) is 11.5 Å². The highest BCUT2D eigenvalue weighted by molar-refractivity contribution is 6.23. The second kappa shape index (κ2) is 7.44. The Labute approximate surface area is 192 Å². The molecule has 6 rings (SSSR count). The monoisotopic (exact) mass is 439 g/mol. The number of amides is 2. The number of rotatable bonds is 5. The molecule has 3 aliphatic rings. The van der Waals surface area contributed by atoms with Crippen molar-refractivity contribution >= 4 is 17.5 Å². The molecule has 6 nitrogen and oxygen atoms in total. The van der Waals surface area contributed by atoms with Crippen LogP contribution in [0.25, 0.3) is 0 Å². The van der Waals surface area contributed by atoms with E-state index in [0.717, 1.165) is 29.2 Å². The fourth-order valence-electron chi connectivity index (χ4n) is 5.79. The second-order valence-corrected chi connectivity index (χ2v) is 9.25. The molecule has 2 fully saturated rings. The molecule has 0 unspecified atom stereocenters. The van der Waals surface area contributed by atoms with Crippen molar-refractivity contribution in [3.8, 4) is 11.5 Å². The molecule has 0 radical (unpaired) electrons. The zero-order chi connectivity index (χ0) is 22.7. The molecule has 166 valence electrons. The van der Waals surface area contributed by atoms with Crippen molar-refractivity contribution in [3.63, 3.8) is 0 Å². The lowest BCUT2D eigenvalue weighted by atomic mass is 9.85. The first-order valence-electron chi connectivity index (χ1n) is 11.4. The maximum atomic E-state index is 13.3. The topological polar surface area (TPSA) is 64.4 Å². The number of nitrogens with zero attached hydrogens (tertiary/aromatic N) is 3. The Balaban J connectivity index is 1.27. The lowest BCUT2D eigenvalue weighted by molar-refractivity contribution is -0.123. The van der Waals surface area contributed by atoms with E-state index in [0.29, 0.717) is 17.9 Å². The molecule has 2 bridgehead atoms. The minimum Gasteiger partial charge on any atom is -0.457 e. The molecule has 2 aliphatic carbocycles. The predicted octanol–water partition coefficient (Wildman–Crippen LogP) is 4.65. The number of allylic oxidation sites excluding steroid dienone is 2. The van der Waals surface area contributed by atoms with Gasteiger partial charge in [0, 0.05) is 0 Å². The smallest absolute Gasteiger partial charge is 0.238 e. The number of aryl methyl sites for hydroxylation is 1. The molecule has 1 aliphatic heterocycles. The van der Waals surface area contributed by atoms with Crippen LogP contribution in [0.15, 0.2) is 66.7 Å². The van der Waals surface area contributed by atoms with E-state index in [1.54, 1.807) is 0 Å². The van der Waals surface area contributed by atoms with Crippen LogP contribution in [0.3, 0.4) is 0 Å². The van der Waals surface area contributed by atoms with Gasteiger partial charge >= 0.3 is 0 Å². The molecule has 33 heavy (non-hydrogen) atoms. The summed E-state index contributed by atoms with van der Waals surface area (Å²) in [7, 11) is 0. The lowest BCUT2D eigenvalue weighted by Crippen LogP contribution is -2.33. The number of fused-ring (bicyclic) bond motifs is 5. The minimum atomic E-state index is -0.207. The predicted molar refractivity (Wildman–Crippen MR) is 124 cm³/mol. The third-order valence-corrected chi connectivity index (χ3v) is 7.25. The summed E-state index contributed by atoms with van der Waals surface area (Å²) in [5.74, 6) is 1.39. The third-order valence-electron chi connectivity index (χ3n) is 7.25. The highest BCUT2D eigenvalue weighted by Crippen LogP contribution is 2.53. The SMILES string of the molecule is Cc1nn(Cc2cccc(Oc3ccccc3)c2)c(C)c1N1C(=O)[C@@H]2[C@@H](C1=O)[C@H]1C=C[C@H]2C1. The van der Waals surface area contributed by atoms with E-state index >= 15 is 0 Å². The molecular weight excluding hydrogens is 414 g/mol. The average molecular weight is 440 g/mol. The maximum absolute atomic E-state index is 13.3. The number of hydrogen-bond acceptors (Lipinski definition) is 4. The number of benzene rings is 2. The number of imide groups is 1. The maximum Gasteiger partial charge on any atom is 0.238 e. The van der Waals surface area contributed by atoms with E-state index in [-0.39, 0.29) is 35.5 Å². The summed E-state index contributed by atoms with van der Waals surface area (Å²) < 4.78 is 7.83. The van der Waals surface area contributed by atoms with Crippen LogP contribution in [-0.4, -0.2) is 21.6 Å². The van der Waals surface area contributed by atoms with Crippen LogP contribution in [0.1, 0.15) is 23.4 Å². The Morgan fingerprint density at radius 3 is 2.27 bits per heavy atom. The first kappa shape index (κ1) is 20.0. The second-order valence-electron chi connectivity index (χ2n) is 9.25.